The van der Waals surface area contributed by atoms with Crippen molar-refractivity contribution in [2.75, 3.05) is 12.4 Å². The van der Waals surface area contributed by atoms with Crippen LogP contribution in [0.25, 0.3) is 0 Å². The number of nitrogens with one attached hydrogen (secondary N) is 1. The Bertz CT molecular complexity index is 408. The largest absolute Gasteiger partial charge is 0.462 e. The zero-order chi connectivity index (χ0) is 11.4. The summed E-state index contributed by atoms with van der Waals surface area (Å²) in [5.74, 6) is -1.82. The summed E-state index contributed by atoms with van der Waals surface area (Å²) in [5, 5.41) is 2.66. The quantitative estimate of drug-likeness (QED) is 0.638. The van der Waals surface area contributed by atoms with Gasteiger partial charge in [0.2, 0.25) is 0 Å². The third-order valence-corrected chi connectivity index (χ3v) is 2.36. The summed E-state index contributed by atoms with van der Waals surface area (Å²) in [6, 6.07) is 4.88. The zero-order valence-electron chi connectivity index (χ0n) is 7.71. The molecule has 1 amide bonds. The predicted molar refractivity (Wildman–Crippen MR) is 59.8 cm³/mol. The molecular formula is C9H7BrClNO3. The highest BCUT2D eigenvalue weighted by Gasteiger charge is 2.14. The standard InChI is InChI=1S/C9H7BrClNO3/c1-15-9(14)8(13)12-7-3-2-5(10)4-6(7)11/h2-4H,1H3,(H,12,13). The number of benzene rings is 1. The van der Waals surface area contributed by atoms with Gasteiger partial charge in [-0.05, 0) is 18.2 Å². The molecule has 80 valence electrons. The first kappa shape index (κ1) is 12.0. The number of halogens is 2. The van der Waals surface area contributed by atoms with Gasteiger partial charge < -0.3 is 10.1 Å². The smallest absolute Gasteiger partial charge is 0.396 e. The topological polar surface area (TPSA) is 55.4 Å². The highest BCUT2D eigenvalue weighted by molar-refractivity contribution is 9.10. The molecule has 0 aliphatic rings. The number of carbonyl (C=O) groups is 2. The molecule has 0 saturated carbocycles. The van der Waals surface area contributed by atoms with Crippen LogP contribution in [0.4, 0.5) is 5.69 Å². The second-order valence-corrected chi connectivity index (χ2v) is 3.89. The Balaban J connectivity index is 2.81. The summed E-state index contributed by atoms with van der Waals surface area (Å²) in [4.78, 5) is 21.9. The molecule has 1 rings (SSSR count). The lowest BCUT2D eigenvalue weighted by atomic mass is 10.3. The lowest BCUT2D eigenvalue weighted by molar-refractivity contribution is -0.150. The number of hydrogen-bond donors (Lipinski definition) is 1. The van der Waals surface area contributed by atoms with Crippen LogP contribution in [0.2, 0.25) is 5.02 Å². The molecule has 0 bridgehead atoms. The number of amides is 1. The van der Waals surface area contributed by atoms with Crippen LogP contribution in [-0.4, -0.2) is 19.0 Å². The van der Waals surface area contributed by atoms with Gasteiger partial charge in [-0.25, -0.2) is 4.79 Å². The molecule has 0 heterocycles. The Labute approximate surface area is 99.7 Å². The van der Waals surface area contributed by atoms with Gasteiger partial charge in [0.1, 0.15) is 0 Å². The number of carbonyl (C=O) groups excluding carboxylic acids is 2. The molecule has 1 aromatic rings. The van der Waals surface area contributed by atoms with Crippen LogP contribution in [0.15, 0.2) is 22.7 Å². The van der Waals surface area contributed by atoms with Crippen LogP contribution in [-0.2, 0) is 14.3 Å². The molecule has 0 fully saturated rings. The maximum Gasteiger partial charge on any atom is 0.396 e. The first-order valence-electron chi connectivity index (χ1n) is 3.89. The molecule has 4 nitrogen and oxygen atoms in total. The number of methoxy groups -OCH3 is 1. The summed E-state index contributed by atoms with van der Waals surface area (Å²) in [6.07, 6.45) is 0. The summed E-state index contributed by atoms with van der Waals surface area (Å²) in [7, 11) is 1.13. The van der Waals surface area contributed by atoms with E-state index in [9.17, 15) is 9.59 Å². The molecule has 0 spiro atoms. The molecule has 0 saturated heterocycles. The van der Waals surface area contributed by atoms with E-state index in [4.69, 9.17) is 11.6 Å². The van der Waals surface area contributed by atoms with Crippen molar-refractivity contribution < 1.29 is 14.3 Å². The predicted octanol–water partition coefficient (Wildman–Crippen LogP) is 2.21. The van der Waals surface area contributed by atoms with Gasteiger partial charge in [-0.2, -0.15) is 0 Å². The van der Waals surface area contributed by atoms with Crippen LogP contribution in [0.5, 0.6) is 0 Å². The van der Waals surface area contributed by atoms with Crippen molar-refractivity contribution in [3.63, 3.8) is 0 Å². The van der Waals surface area contributed by atoms with Gasteiger partial charge in [-0.3, -0.25) is 4.79 Å². The Morgan fingerprint density at radius 2 is 2.13 bits per heavy atom. The van der Waals surface area contributed by atoms with E-state index in [-0.39, 0.29) is 0 Å². The Kier molecular flexibility index (Phi) is 4.11. The minimum Gasteiger partial charge on any atom is -0.462 e. The van der Waals surface area contributed by atoms with Crippen molar-refractivity contribution in [2.24, 2.45) is 0 Å². The minimum atomic E-state index is -0.964. The fourth-order valence-electron chi connectivity index (χ4n) is 0.857. The van der Waals surface area contributed by atoms with Gasteiger partial charge in [0.05, 0.1) is 17.8 Å². The lowest BCUT2D eigenvalue weighted by Gasteiger charge is -2.05. The van der Waals surface area contributed by atoms with Gasteiger partial charge >= 0.3 is 11.9 Å². The average Bonchev–Trinajstić information content (AvgIpc) is 2.20. The SMILES string of the molecule is COC(=O)C(=O)Nc1ccc(Br)cc1Cl. The number of esters is 1. The number of hydrogen-bond acceptors (Lipinski definition) is 3. The Morgan fingerprint density at radius 1 is 1.47 bits per heavy atom. The molecule has 6 heteroatoms. The molecule has 0 unspecified atom stereocenters. The van der Waals surface area contributed by atoms with Crippen LogP contribution in [0.1, 0.15) is 0 Å². The maximum atomic E-state index is 11.1. The normalized spacial score (nSPS) is 9.53. The molecule has 0 radical (unpaired) electrons. The first-order valence-corrected chi connectivity index (χ1v) is 5.06. The fraction of sp³-hybridized carbons (Fsp3) is 0.111. The number of rotatable bonds is 1. The van der Waals surface area contributed by atoms with Gasteiger partial charge in [-0.1, -0.05) is 27.5 Å². The van der Waals surface area contributed by atoms with E-state index < -0.39 is 11.9 Å². The van der Waals surface area contributed by atoms with Crippen LogP contribution < -0.4 is 5.32 Å². The second-order valence-electron chi connectivity index (χ2n) is 2.57. The molecule has 1 aromatic carbocycles. The lowest BCUT2D eigenvalue weighted by Crippen LogP contribution is -2.23. The van der Waals surface area contributed by atoms with E-state index in [1.165, 1.54) is 0 Å². The van der Waals surface area contributed by atoms with Gasteiger partial charge in [0.15, 0.2) is 0 Å². The second kappa shape index (κ2) is 5.14. The van der Waals surface area contributed by atoms with Crippen molar-refractivity contribution in [3.8, 4) is 0 Å². The van der Waals surface area contributed by atoms with Crippen molar-refractivity contribution >= 4 is 45.1 Å². The monoisotopic (exact) mass is 291 g/mol. The molecule has 0 atom stereocenters. The Hall–Kier alpha value is -1.07. The molecule has 0 aromatic heterocycles. The van der Waals surface area contributed by atoms with E-state index in [1.807, 2.05) is 0 Å². The van der Waals surface area contributed by atoms with Crippen molar-refractivity contribution in [1.82, 2.24) is 0 Å². The molecular weight excluding hydrogens is 285 g/mol. The zero-order valence-corrected chi connectivity index (χ0v) is 10.1. The Morgan fingerprint density at radius 3 is 2.67 bits per heavy atom. The van der Waals surface area contributed by atoms with Gasteiger partial charge in [0.25, 0.3) is 0 Å². The van der Waals surface area contributed by atoms with Crippen molar-refractivity contribution in [3.05, 3.63) is 27.7 Å². The molecule has 15 heavy (non-hydrogen) atoms. The molecule has 0 aliphatic carbocycles. The minimum absolute atomic E-state index is 0.335. The molecule has 1 N–H and O–H groups in total. The number of anilines is 1. The molecule has 0 aliphatic heterocycles. The van der Waals surface area contributed by atoms with Gasteiger partial charge in [0, 0.05) is 4.47 Å². The summed E-state index contributed by atoms with van der Waals surface area (Å²) >= 11 is 9.04. The number of ether oxygens (including phenoxy) is 1. The van der Waals surface area contributed by atoms with Crippen LogP contribution >= 0.6 is 27.5 Å². The first-order chi connectivity index (χ1) is 7.04. The maximum absolute atomic E-state index is 11.1. The summed E-state index contributed by atoms with van der Waals surface area (Å²) in [6.45, 7) is 0. The van der Waals surface area contributed by atoms with Crippen molar-refractivity contribution in [1.29, 1.82) is 0 Å². The highest BCUT2D eigenvalue weighted by atomic mass is 79.9. The summed E-state index contributed by atoms with van der Waals surface area (Å²) < 4.78 is 5.03. The van der Waals surface area contributed by atoms with E-state index >= 15 is 0 Å². The summed E-state index contributed by atoms with van der Waals surface area (Å²) in [5.41, 5.74) is 0.357. The van der Waals surface area contributed by atoms with E-state index in [2.05, 4.69) is 26.0 Å². The third-order valence-electron chi connectivity index (χ3n) is 1.55. The third kappa shape index (κ3) is 3.21. The van der Waals surface area contributed by atoms with E-state index in [1.54, 1.807) is 18.2 Å². The fourth-order valence-corrected chi connectivity index (χ4v) is 1.58. The van der Waals surface area contributed by atoms with E-state index in [0.29, 0.717) is 10.7 Å². The highest BCUT2D eigenvalue weighted by Crippen LogP contribution is 2.25. The van der Waals surface area contributed by atoms with Gasteiger partial charge in [-0.15, -0.1) is 0 Å². The average molecular weight is 293 g/mol. The van der Waals surface area contributed by atoms with E-state index in [0.717, 1.165) is 11.6 Å². The van der Waals surface area contributed by atoms with Crippen molar-refractivity contribution in [2.45, 2.75) is 0 Å². The van der Waals surface area contributed by atoms with Crippen LogP contribution in [0.3, 0.4) is 0 Å². The van der Waals surface area contributed by atoms with Crippen LogP contribution in [0, 0.1) is 0 Å².